The number of alkyl halides is 3. The second-order valence-electron chi connectivity index (χ2n) is 2.29. The number of hydrogen-bond donors (Lipinski definition) is 0. The molecule has 0 aliphatic heterocycles. The molecule has 0 bridgehead atoms. The van der Waals surface area contributed by atoms with Crippen LogP contribution >= 0.6 is 46.8 Å². The van der Waals surface area contributed by atoms with Gasteiger partial charge in [0.15, 0.2) is 0 Å². The van der Waals surface area contributed by atoms with Crippen molar-refractivity contribution in [1.29, 1.82) is 0 Å². The molecule has 0 atom stereocenters. The summed E-state index contributed by atoms with van der Waals surface area (Å²) in [7, 11) is 1.59. The van der Waals surface area contributed by atoms with Gasteiger partial charge in [-0.05, 0) is 24.3 Å². The van der Waals surface area contributed by atoms with Crippen LogP contribution < -0.4 is 8.92 Å². The lowest BCUT2D eigenvalue weighted by Gasteiger charge is -2.10. The molecule has 0 fully saturated rings. The Hall–Kier alpha value is 0.0400. The van der Waals surface area contributed by atoms with Crippen molar-refractivity contribution in [3.63, 3.8) is 0 Å². The fraction of sp³-hybridized carbons (Fsp3) is 0.250. The molecule has 0 saturated heterocycles. The maximum absolute atomic E-state index is 5.49. The van der Waals surface area contributed by atoms with Crippen molar-refractivity contribution >= 4 is 46.8 Å². The van der Waals surface area contributed by atoms with Gasteiger partial charge in [-0.15, -0.1) is 0 Å². The highest BCUT2D eigenvalue weighted by atomic mass is 35.6. The van der Waals surface area contributed by atoms with Gasteiger partial charge in [-0.2, -0.15) is 0 Å². The van der Waals surface area contributed by atoms with Crippen molar-refractivity contribution in [2.75, 3.05) is 7.11 Å². The van der Waals surface area contributed by atoms with E-state index in [9.17, 15) is 0 Å². The summed E-state index contributed by atoms with van der Waals surface area (Å²) in [6, 6.07) is 6.97. The third kappa shape index (κ3) is 4.51. The Morgan fingerprint density at radius 1 is 1.07 bits per heavy atom. The Morgan fingerprint density at radius 3 is 2.00 bits per heavy atom. The van der Waals surface area contributed by atoms with Crippen molar-refractivity contribution in [3.05, 3.63) is 24.3 Å². The number of ether oxygens (including phenoxy) is 1. The van der Waals surface area contributed by atoms with E-state index in [1.807, 2.05) is 0 Å². The molecule has 0 saturated carbocycles. The van der Waals surface area contributed by atoms with E-state index < -0.39 is 3.12 Å². The van der Waals surface area contributed by atoms with Gasteiger partial charge >= 0.3 is 0 Å². The van der Waals surface area contributed by atoms with Crippen LogP contribution in [0.5, 0.6) is 11.5 Å². The Labute approximate surface area is 102 Å². The summed E-state index contributed by atoms with van der Waals surface area (Å²) in [6.45, 7) is 0. The SMILES string of the molecule is COc1ccc(OSC(Cl)(Cl)Cl)cc1. The molecule has 0 spiro atoms. The molecule has 0 aromatic heterocycles. The molecule has 78 valence electrons. The van der Waals surface area contributed by atoms with Crippen LogP contribution in [0, 0.1) is 0 Å². The smallest absolute Gasteiger partial charge is 0.274 e. The van der Waals surface area contributed by atoms with Gasteiger partial charge < -0.3 is 8.92 Å². The highest BCUT2D eigenvalue weighted by Crippen LogP contribution is 2.39. The van der Waals surface area contributed by atoms with Crippen LogP contribution in [0.15, 0.2) is 24.3 Å². The topological polar surface area (TPSA) is 18.5 Å². The van der Waals surface area contributed by atoms with Crippen molar-refractivity contribution in [2.24, 2.45) is 0 Å². The molecule has 0 radical (unpaired) electrons. The van der Waals surface area contributed by atoms with E-state index in [1.165, 1.54) is 0 Å². The molecule has 0 aliphatic rings. The largest absolute Gasteiger partial charge is 0.497 e. The van der Waals surface area contributed by atoms with E-state index in [1.54, 1.807) is 31.4 Å². The Bertz CT molecular complexity index is 284. The standard InChI is InChI=1S/C8H7Cl3O2S/c1-12-6-2-4-7(5-3-6)13-14-8(9,10)11/h2-5H,1H3. The lowest BCUT2D eigenvalue weighted by Crippen LogP contribution is -1.97. The van der Waals surface area contributed by atoms with Gasteiger partial charge in [0, 0.05) is 0 Å². The van der Waals surface area contributed by atoms with Crippen LogP contribution in [0.3, 0.4) is 0 Å². The van der Waals surface area contributed by atoms with Gasteiger partial charge in [0.05, 0.1) is 7.11 Å². The maximum Gasteiger partial charge on any atom is 0.274 e. The highest BCUT2D eigenvalue weighted by Gasteiger charge is 2.22. The summed E-state index contributed by atoms with van der Waals surface area (Å²) >= 11 is 17.2. The number of halogens is 3. The van der Waals surface area contributed by atoms with Crippen molar-refractivity contribution in [3.8, 4) is 11.5 Å². The molecule has 6 heteroatoms. The molecule has 14 heavy (non-hydrogen) atoms. The summed E-state index contributed by atoms with van der Waals surface area (Å²) in [5.74, 6) is 1.35. The summed E-state index contributed by atoms with van der Waals surface area (Å²) in [5.41, 5.74) is 0. The first-order valence-corrected chi connectivity index (χ1v) is 5.45. The third-order valence-electron chi connectivity index (χ3n) is 1.29. The lowest BCUT2D eigenvalue weighted by atomic mass is 10.3. The molecule has 0 heterocycles. The zero-order valence-corrected chi connectivity index (χ0v) is 10.3. The molecule has 0 amide bonds. The molecular formula is C8H7Cl3O2S. The van der Waals surface area contributed by atoms with Crippen LogP contribution in [0.4, 0.5) is 0 Å². The summed E-state index contributed by atoms with van der Waals surface area (Å²) in [5, 5.41) is 0. The lowest BCUT2D eigenvalue weighted by molar-refractivity contribution is 0.414. The van der Waals surface area contributed by atoms with Crippen LogP contribution in [0.25, 0.3) is 0 Å². The maximum atomic E-state index is 5.49. The first-order chi connectivity index (χ1) is 6.51. The minimum absolute atomic E-state index is 0.599. The Kier molecular flexibility index (Phi) is 4.51. The third-order valence-corrected chi connectivity index (χ3v) is 2.32. The monoisotopic (exact) mass is 272 g/mol. The van der Waals surface area contributed by atoms with Gasteiger partial charge in [0.1, 0.15) is 23.5 Å². The van der Waals surface area contributed by atoms with Crippen molar-refractivity contribution < 1.29 is 8.92 Å². The fourth-order valence-corrected chi connectivity index (χ4v) is 1.31. The number of benzene rings is 1. The van der Waals surface area contributed by atoms with Gasteiger partial charge in [-0.25, -0.2) is 0 Å². The van der Waals surface area contributed by atoms with Crippen LogP contribution in [0.2, 0.25) is 0 Å². The zero-order chi connectivity index (χ0) is 10.6. The van der Waals surface area contributed by atoms with E-state index in [0.717, 1.165) is 17.8 Å². The predicted molar refractivity (Wildman–Crippen MR) is 61.5 cm³/mol. The molecule has 1 aromatic carbocycles. The van der Waals surface area contributed by atoms with Crippen LogP contribution in [0.1, 0.15) is 0 Å². The average Bonchev–Trinajstić information content (AvgIpc) is 2.14. The van der Waals surface area contributed by atoms with Crippen LogP contribution in [-0.2, 0) is 0 Å². The summed E-state index contributed by atoms with van der Waals surface area (Å²) in [4.78, 5) is 0. The minimum Gasteiger partial charge on any atom is -0.497 e. The van der Waals surface area contributed by atoms with E-state index >= 15 is 0 Å². The normalized spacial score (nSPS) is 11.1. The van der Waals surface area contributed by atoms with Crippen LogP contribution in [-0.4, -0.2) is 10.2 Å². The number of methoxy groups -OCH3 is 1. The first-order valence-electron chi connectivity index (χ1n) is 3.58. The summed E-state index contributed by atoms with van der Waals surface area (Å²) < 4.78 is 8.64. The fourth-order valence-electron chi connectivity index (χ4n) is 0.727. The molecular weight excluding hydrogens is 267 g/mol. The molecule has 1 rings (SSSR count). The molecule has 0 aliphatic carbocycles. The quantitative estimate of drug-likeness (QED) is 0.611. The summed E-state index contributed by atoms with van der Waals surface area (Å²) in [6.07, 6.45) is 0. The Morgan fingerprint density at radius 2 is 1.57 bits per heavy atom. The second kappa shape index (κ2) is 5.21. The van der Waals surface area contributed by atoms with Gasteiger partial charge in [0.2, 0.25) is 0 Å². The predicted octanol–water partition coefficient (Wildman–Crippen LogP) is 4.05. The van der Waals surface area contributed by atoms with E-state index in [-0.39, 0.29) is 0 Å². The minimum atomic E-state index is -1.47. The average molecular weight is 274 g/mol. The first kappa shape index (κ1) is 12.1. The highest BCUT2D eigenvalue weighted by molar-refractivity contribution is 8.00. The van der Waals surface area contributed by atoms with E-state index in [2.05, 4.69) is 0 Å². The second-order valence-corrected chi connectivity index (χ2v) is 6.19. The van der Waals surface area contributed by atoms with Crippen molar-refractivity contribution in [1.82, 2.24) is 0 Å². The van der Waals surface area contributed by atoms with Gasteiger partial charge in [0.25, 0.3) is 3.12 Å². The zero-order valence-electron chi connectivity index (χ0n) is 7.17. The number of rotatable bonds is 3. The van der Waals surface area contributed by atoms with E-state index in [0.29, 0.717) is 5.75 Å². The number of hydrogen-bond acceptors (Lipinski definition) is 3. The molecule has 0 N–H and O–H groups in total. The van der Waals surface area contributed by atoms with Gasteiger partial charge in [-0.1, -0.05) is 34.8 Å². The molecule has 1 aromatic rings. The Balaban J connectivity index is 2.52. The van der Waals surface area contributed by atoms with Crippen molar-refractivity contribution in [2.45, 2.75) is 3.12 Å². The van der Waals surface area contributed by atoms with Gasteiger partial charge in [-0.3, -0.25) is 0 Å². The molecule has 2 nitrogen and oxygen atoms in total. The van der Waals surface area contributed by atoms with E-state index in [4.69, 9.17) is 43.7 Å². The molecule has 0 unspecified atom stereocenters.